The highest BCUT2D eigenvalue weighted by atomic mass is 15.5. The monoisotopic (exact) mass is 1270 g/mol. The highest BCUT2D eigenvalue weighted by Gasteiger charge is 2.39. The summed E-state index contributed by atoms with van der Waals surface area (Å²) >= 11 is 0. The van der Waals surface area contributed by atoms with Crippen LogP contribution in [0.15, 0.2) is 268 Å². The van der Waals surface area contributed by atoms with E-state index >= 15 is 0 Å². The van der Waals surface area contributed by atoms with Gasteiger partial charge in [-0.25, -0.2) is 19.9 Å². The third-order valence-corrected chi connectivity index (χ3v) is 18.5. The summed E-state index contributed by atoms with van der Waals surface area (Å²) in [6.07, 6.45) is 10.8. The van der Waals surface area contributed by atoms with Crippen LogP contribution in [0.3, 0.4) is 0 Å². The molecule has 11 aromatic rings. The molecule has 96 heavy (non-hydrogen) atoms. The first-order valence-corrected chi connectivity index (χ1v) is 32.8. The van der Waals surface area contributed by atoms with Crippen molar-refractivity contribution < 1.29 is 8.22 Å². The van der Waals surface area contributed by atoms with Gasteiger partial charge in [-0.05, 0) is 188 Å². The van der Waals surface area contributed by atoms with Crippen LogP contribution in [0.25, 0.3) is 0 Å². The molecule has 0 bridgehead atoms. The molecule has 0 aliphatic carbocycles. The minimum absolute atomic E-state index is 0.107. The number of nitrogens with zero attached hydrogens (tertiary/aromatic N) is 14. The molecule has 5 atom stereocenters. The van der Waals surface area contributed by atoms with E-state index in [0.717, 1.165) is 74.2 Å². The van der Waals surface area contributed by atoms with Crippen LogP contribution in [0.2, 0.25) is 0 Å². The van der Waals surface area contributed by atoms with Crippen molar-refractivity contribution in [2.75, 3.05) is 65.1 Å². The van der Waals surface area contributed by atoms with E-state index in [1.54, 1.807) is 18.6 Å². The Morgan fingerprint density at radius 1 is 0.271 bits per heavy atom. The van der Waals surface area contributed by atoms with Crippen LogP contribution in [-0.2, 0) is 0 Å². The summed E-state index contributed by atoms with van der Waals surface area (Å²) in [5, 5.41) is 0. The Hall–Kier alpha value is -11.1. The van der Waals surface area contributed by atoms with E-state index in [9.17, 15) is 0 Å². The minimum Gasteiger partial charge on any atom is -0.359 e. The maximum absolute atomic E-state index is 7.83. The SMILES string of the molecule is Cc1ccccc1N1c2cccnc2N(c2ccccc2)C1C.Cc1ccccc1N1c2ncccc2N(C)C1C.Cc1ccccc1N1c2nccnc2N(c2ccccc2)C1C.[2H]C([2H])([2H])N1C=CN(c2ccccc2C)C1C.[2H]C([2H])([2H])N1c2ccccc2N(c2ccccc2C)C1C. The Morgan fingerprint density at radius 2 is 0.615 bits per heavy atom. The maximum Gasteiger partial charge on any atom is 0.178 e. The standard InChI is InChI=1S/C20H19N3.C19H18N4.C16H18N2.C15H17N3.C12H16N2/c1-15-9-6-7-12-18(15)23-16(2)22(17-10-4-3-5-11-17)20-19(23)13-8-14-21-20;1-14-8-6-7-11-17(14)23-15(2)22(16-9-4-3-5-10-16)18-19(23)21-13-12-20-18;1-12-8-4-5-9-14(12)18-13(2)17(3)15-10-6-7-11-16(15)18;1-11-7-4-5-8-13(11)18-12(2)17(3)14-9-6-10-16-15(14)18;1-10-6-4-5-7-12(10)14-9-8-13(3)11(14)2/h3-14,16H,1-2H3;3-13,15H,1-2H3;4-11,13H,1-3H3;4-10,12H,1-3H3;4-9,11H,1-3H3/i;;3D3;;3D3. The van der Waals surface area contributed by atoms with E-state index in [1.165, 1.54) is 49.2 Å². The first-order chi connectivity index (χ1) is 49.1. The van der Waals surface area contributed by atoms with Crippen molar-refractivity contribution in [2.45, 2.75) is 100 Å². The predicted molar refractivity (Wildman–Crippen MR) is 402 cm³/mol. The number of para-hydroxylation sites is 9. The molecule has 14 heteroatoms. The van der Waals surface area contributed by atoms with Crippen LogP contribution < -0.4 is 44.1 Å². The van der Waals surface area contributed by atoms with Crippen molar-refractivity contribution in [3.63, 3.8) is 0 Å². The Balaban J connectivity index is 0.000000121. The number of hydrogen-bond donors (Lipinski definition) is 0. The number of aryl methyl sites for hydroxylation is 5. The van der Waals surface area contributed by atoms with E-state index in [0.29, 0.717) is 0 Å². The zero-order valence-electron chi connectivity index (χ0n) is 62.6. The first kappa shape index (κ1) is 57.5. The van der Waals surface area contributed by atoms with E-state index in [1.807, 2.05) is 148 Å². The Morgan fingerprint density at radius 3 is 1.08 bits per heavy atom. The maximum atomic E-state index is 7.83. The summed E-state index contributed by atoms with van der Waals surface area (Å²) < 4.78 is 45.8. The smallest absolute Gasteiger partial charge is 0.178 e. The molecule has 5 unspecified atom stereocenters. The van der Waals surface area contributed by atoms with Gasteiger partial charge in [-0.15, -0.1) is 0 Å². The molecule has 0 N–H and O–H groups in total. The van der Waals surface area contributed by atoms with Gasteiger partial charge >= 0.3 is 0 Å². The predicted octanol–water partition coefficient (Wildman–Crippen LogP) is 19.3. The van der Waals surface area contributed by atoms with Crippen LogP contribution in [0.1, 0.15) is 70.7 Å². The molecule has 8 heterocycles. The third kappa shape index (κ3) is 12.7. The van der Waals surface area contributed by atoms with Crippen LogP contribution >= 0.6 is 0 Å². The normalized spacial score (nSPS) is 18.9. The van der Waals surface area contributed by atoms with Gasteiger partial charge in [-0.3, -0.25) is 0 Å². The second kappa shape index (κ2) is 28.6. The van der Waals surface area contributed by atoms with Gasteiger partial charge in [0.1, 0.15) is 30.8 Å². The van der Waals surface area contributed by atoms with Gasteiger partial charge in [0.05, 0.1) is 22.7 Å². The zero-order chi connectivity index (χ0) is 72.1. The van der Waals surface area contributed by atoms with E-state index in [2.05, 4.69) is 236 Å². The second-order valence-corrected chi connectivity index (χ2v) is 24.5. The number of rotatable bonds is 7. The molecule has 8 aromatic carbocycles. The lowest BCUT2D eigenvalue weighted by Gasteiger charge is -2.30. The van der Waals surface area contributed by atoms with Crippen LogP contribution in [0.5, 0.6) is 0 Å². The lowest BCUT2D eigenvalue weighted by molar-refractivity contribution is 0.383. The summed E-state index contributed by atoms with van der Waals surface area (Å²) in [7, 11) is 2.11. The molecule has 16 rings (SSSR count). The first-order valence-electron chi connectivity index (χ1n) is 35.8. The van der Waals surface area contributed by atoms with Gasteiger partial charge in [-0.1, -0.05) is 140 Å². The average Bonchev–Trinajstić information content (AvgIpc) is 1.62. The van der Waals surface area contributed by atoms with Crippen molar-refractivity contribution in [3.05, 3.63) is 296 Å². The van der Waals surface area contributed by atoms with Crippen molar-refractivity contribution in [1.29, 1.82) is 0 Å². The number of aromatic nitrogens is 4. The molecular formula is C82H88N14. The lowest BCUT2D eigenvalue weighted by Crippen LogP contribution is -2.36. The molecule has 0 amide bonds. The zero-order valence-corrected chi connectivity index (χ0v) is 56.6. The topological polar surface area (TPSA) is 84.0 Å². The second-order valence-electron chi connectivity index (χ2n) is 24.5. The fraction of sp³-hybridized carbons (Fsp3) is 0.220. The number of fused-ring (bicyclic) bond motifs is 4. The van der Waals surface area contributed by atoms with Crippen molar-refractivity contribution in [3.8, 4) is 0 Å². The number of benzene rings is 8. The average molecular weight is 1280 g/mol. The summed E-state index contributed by atoms with van der Waals surface area (Å²) in [4.78, 5) is 39.1. The molecule has 3 aromatic heterocycles. The molecule has 5 aliphatic heterocycles. The van der Waals surface area contributed by atoms with Crippen LogP contribution in [0, 0.1) is 34.6 Å². The van der Waals surface area contributed by atoms with E-state index < -0.39 is 14.0 Å². The number of pyridine rings is 2. The quantitative estimate of drug-likeness (QED) is 0.152. The lowest BCUT2D eigenvalue weighted by atomic mass is 10.1. The molecule has 0 spiro atoms. The number of hydrogen-bond acceptors (Lipinski definition) is 14. The molecule has 14 nitrogen and oxygen atoms in total. The van der Waals surface area contributed by atoms with Gasteiger partial charge in [0, 0.05) is 106 Å². The minimum atomic E-state index is -2.16. The van der Waals surface area contributed by atoms with Gasteiger partial charge in [-0.2, -0.15) is 0 Å². The number of anilines is 15. The van der Waals surface area contributed by atoms with E-state index in [4.69, 9.17) is 8.22 Å². The summed E-state index contributed by atoms with van der Waals surface area (Å²) in [5.41, 5.74) is 18.1. The van der Waals surface area contributed by atoms with Crippen molar-refractivity contribution in [1.82, 2.24) is 24.8 Å². The molecule has 0 fully saturated rings. The molecule has 0 saturated heterocycles. The largest absolute Gasteiger partial charge is 0.359 e. The molecule has 0 saturated carbocycles. The molecular weight excluding hydrogens is 1180 g/mol. The fourth-order valence-electron chi connectivity index (χ4n) is 13.3. The Kier molecular flexibility index (Phi) is 17.2. The Bertz CT molecular complexity index is 4570. The van der Waals surface area contributed by atoms with Crippen LogP contribution in [-0.4, -0.2) is 76.7 Å². The molecule has 0 radical (unpaired) electrons. The van der Waals surface area contributed by atoms with Gasteiger partial charge in [0.2, 0.25) is 0 Å². The van der Waals surface area contributed by atoms with Gasteiger partial charge in [0.25, 0.3) is 0 Å². The summed E-state index contributed by atoms with van der Waals surface area (Å²) in [6.45, 7) is 16.7. The fourth-order valence-corrected chi connectivity index (χ4v) is 13.3. The highest BCUT2D eigenvalue weighted by Crippen LogP contribution is 2.49. The molecule has 486 valence electrons. The summed E-state index contributed by atoms with van der Waals surface area (Å²) in [6, 6.07) is 78.1. The van der Waals surface area contributed by atoms with E-state index in [-0.39, 0.29) is 30.8 Å². The van der Waals surface area contributed by atoms with Crippen molar-refractivity contribution in [2.24, 2.45) is 0 Å². The van der Waals surface area contributed by atoms with Gasteiger partial charge in [0.15, 0.2) is 23.3 Å². The molecule has 5 aliphatic rings. The van der Waals surface area contributed by atoms with Crippen LogP contribution in [0.4, 0.5) is 85.8 Å². The summed E-state index contributed by atoms with van der Waals surface area (Å²) in [5.74, 6) is 3.85. The Labute approximate surface area is 577 Å². The van der Waals surface area contributed by atoms with Gasteiger partial charge < -0.3 is 49.0 Å². The third-order valence-electron chi connectivity index (χ3n) is 18.5. The van der Waals surface area contributed by atoms with Crippen molar-refractivity contribution >= 4 is 85.8 Å². The highest BCUT2D eigenvalue weighted by molar-refractivity contribution is 5.88.